The molecule has 0 fully saturated rings. The predicted octanol–water partition coefficient (Wildman–Crippen LogP) is 3.31. The van der Waals surface area contributed by atoms with Crippen LogP contribution in [0, 0.1) is 0 Å². The first kappa shape index (κ1) is 18.4. The summed E-state index contributed by atoms with van der Waals surface area (Å²) in [7, 11) is 0. The molecule has 0 unspecified atom stereocenters. The first-order valence-electron chi connectivity index (χ1n) is 7.75. The van der Waals surface area contributed by atoms with Crippen LogP contribution < -0.4 is 0 Å². The average molecular weight is 375 g/mol. The van der Waals surface area contributed by atoms with Gasteiger partial charge < -0.3 is 5.11 Å². The molecule has 0 aliphatic carbocycles. The monoisotopic (exact) mass is 375 g/mol. The van der Waals surface area contributed by atoms with Gasteiger partial charge in [0.1, 0.15) is 6.54 Å². The molecule has 1 aliphatic rings. The number of rotatable bonds is 3. The van der Waals surface area contributed by atoms with Gasteiger partial charge in [0.2, 0.25) is 0 Å². The summed E-state index contributed by atoms with van der Waals surface area (Å²) < 4.78 is 38.1. The summed E-state index contributed by atoms with van der Waals surface area (Å²) in [6.07, 6.45) is -3.15. The highest BCUT2D eigenvalue weighted by Gasteiger charge is 2.36. The fourth-order valence-electron chi connectivity index (χ4n) is 2.76. The number of carbonyl (C=O) groups excluding carboxylic acids is 2. The zero-order valence-electron chi connectivity index (χ0n) is 13.7. The third kappa shape index (κ3) is 3.59. The molecular formula is C19H12F3NO4. The minimum absolute atomic E-state index is 0.0335. The summed E-state index contributed by atoms with van der Waals surface area (Å²) >= 11 is 0. The van der Waals surface area contributed by atoms with Crippen LogP contribution in [0.1, 0.15) is 27.0 Å². The summed E-state index contributed by atoms with van der Waals surface area (Å²) in [4.78, 5) is 36.7. The molecule has 27 heavy (non-hydrogen) atoms. The van der Waals surface area contributed by atoms with Crippen LogP contribution >= 0.6 is 0 Å². The maximum atomic E-state index is 12.7. The zero-order chi connectivity index (χ0) is 19.8. The van der Waals surface area contributed by atoms with Gasteiger partial charge in [-0.15, -0.1) is 0 Å². The zero-order valence-corrected chi connectivity index (χ0v) is 13.7. The number of nitrogens with zero attached hydrogens (tertiary/aromatic N) is 1. The average Bonchev–Trinajstić information content (AvgIpc) is 2.62. The second kappa shape index (κ2) is 6.71. The van der Waals surface area contributed by atoms with Crippen LogP contribution in [0.15, 0.2) is 48.5 Å². The van der Waals surface area contributed by atoms with Gasteiger partial charge in [-0.05, 0) is 35.4 Å². The predicted molar refractivity (Wildman–Crippen MR) is 89.4 cm³/mol. The van der Waals surface area contributed by atoms with Crippen molar-refractivity contribution in [3.8, 4) is 0 Å². The molecule has 0 atom stereocenters. The number of halogens is 3. The molecule has 2 aromatic carbocycles. The van der Waals surface area contributed by atoms with Gasteiger partial charge in [-0.25, -0.2) is 0 Å². The SMILES string of the molecule is O=C(O)CN1C(=O)/C(=C\c2ccc(C(F)(F)F)cc2)c2ccccc2C1=O. The van der Waals surface area contributed by atoms with E-state index in [2.05, 4.69) is 0 Å². The summed E-state index contributed by atoms with van der Waals surface area (Å²) in [6.45, 7) is -0.809. The van der Waals surface area contributed by atoms with E-state index >= 15 is 0 Å². The Balaban J connectivity index is 2.08. The van der Waals surface area contributed by atoms with Gasteiger partial charge in [0.25, 0.3) is 11.8 Å². The van der Waals surface area contributed by atoms with Crippen LogP contribution in [0.2, 0.25) is 0 Å². The Labute approximate surface area is 151 Å². The van der Waals surface area contributed by atoms with Gasteiger partial charge in [-0.2, -0.15) is 13.2 Å². The van der Waals surface area contributed by atoms with Crippen molar-refractivity contribution in [3.05, 3.63) is 70.8 Å². The second-order valence-electron chi connectivity index (χ2n) is 5.81. The highest BCUT2D eigenvalue weighted by molar-refractivity contribution is 6.34. The summed E-state index contributed by atoms with van der Waals surface area (Å²) in [5.41, 5.74) is -0.0368. The highest BCUT2D eigenvalue weighted by Crippen LogP contribution is 2.32. The molecular weight excluding hydrogens is 363 g/mol. The van der Waals surface area contributed by atoms with Crippen molar-refractivity contribution in [1.82, 2.24) is 4.90 Å². The standard InChI is InChI=1S/C19H12F3NO4/c20-19(21,22)12-7-5-11(6-8-12)9-15-13-3-1-2-4-14(13)17(26)23(18(15)27)10-16(24)25/h1-9H,10H2,(H,24,25)/b15-9-. The van der Waals surface area contributed by atoms with Crippen molar-refractivity contribution in [3.63, 3.8) is 0 Å². The Bertz CT molecular complexity index is 962. The molecule has 1 N–H and O–H groups in total. The number of imide groups is 1. The Morgan fingerprint density at radius 2 is 1.56 bits per heavy atom. The number of hydrogen-bond donors (Lipinski definition) is 1. The van der Waals surface area contributed by atoms with Gasteiger partial charge in [0.05, 0.1) is 5.56 Å². The first-order chi connectivity index (χ1) is 12.7. The molecule has 1 aliphatic heterocycles. The lowest BCUT2D eigenvalue weighted by atomic mass is 9.92. The minimum Gasteiger partial charge on any atom is -0.480 e. The molecule has 0 radical (unpaired) electrons. The summed E-state index contributed by atoms with van der Waals surface area (Å²) in [5, 5.41) is 8.96. The van der Waals surface area contributed by atoms with Crippen LogP contribution in [0.3, 0.4) is 0 Å². The van der Waals surface area contributed by atoms with E-state index in [9.17, 15) is 27.6 Å². The van der Waals surface area contributed by atoms with Crippen molar-refractivity contribution in [2.45, 2.75) is 6.18 Å². The molecule has 2 aromatic rings. The maximum Gasteiger partial charge on any atom is 0.416 e. The second-order valence-corrected chi connectivity index (χ2v) is 5.81. The number of carbonyl (C=O) groups is 3. The lowest BCUT2D eigenvalue weighted by Gasteiger charge is -2.27. The summed E-state index contributed by atoms with van der Waals surface area (Å²) in [5.74, 6) is -2.91. The van der Waals surface area contributed by atoms with E-state index in [4.69, 9.17) is 5.11 Å². The molecule has 0 saturated heterocycles. The smallest absolute Gasteiger partial charge is 0.416 e. The fourth-order valence-corrected chi connectivity index (χ4v) is 2.76. The number of carboxylic acids is 1. The Kier molecular flexibility index (Phi) is 4.57. The number of aliphatic carboxylic acids is 1. The maximum absolute atomic E-state index is 12.7. The van der Waals surface area contributed by atoms with Gasteiger partial charge >= 0.3 is 12.1 Å². The van der Waals surface area contributed by atoms with E-state index in [1.54, 1.807) is 12.1 Å². The summed E-state index contributed by atoms with van der Waals surface area (Å²) in [6, 6.07) is 10.3. The van der Waals surface area contributed by atoms with E-state index < -0.39 is 36.1 Å². The van der Waals surface area contributed by atoms with Crippen LogP contribution in [0.5, 0.6) is 0 Å². The highest BCUT2D eigenvalue weighted by atomic mass is 19.4. The number of alkyl halides is 3. The molecule has 0 saturated carbocycles. The van der Waals surface area contributed by atoms with Gasteiger partial charge in [-0.1, -0.05) is 30.3 Å². The van der Waals surface area contributed by atoms with E-state index in [1.165, 1.54) is 30.3 Å². The lowest BCUT2D eigenvalue weighted by Crippen LogP contribution is -2.44. The first-order valence-corrected chi connectivity index (χ1v) is 7.75. The molecule has 8 heteroatoms. The Morgan fingerprint density at radius 1 is 0.963 bits per heavy atom. The quantitative estimate of drug-likeness (QED) is 0.660. The third-order valence-corrected chi connectivity index (χ3v) is 4.01. The van der Waals surface area contributed by atoms with Crippen molar-refractivity contribution < 1.29 is 32.7 Å². The minimum atomic E-state index is -4.48. The van der Waals surface area contributed by atoms with Crippen molar-refractivity contribution in [1.29, 1.82) is 0 Å². The van der Waals surface area contributed by atoms with E-state index in [-0.39, 0.29) is 11.1 Å². The van der Waals surface area contributed by atoms with Gasteiger partial charge in [-0.3, -0.25) is 19.3 Å². The van der Waals surface area contributed by atoms with Crippen LogP contribution in [-0.2, 0) is 15.8 Å². The van der Waals surface area contributed by atoms with E-state index in [1.807, 2.05) is 0 Å². The topological polar surface area (TPSA) is 74.7 Å². The van der Waals surface area contributed by atoms with Crippen LogP contribution in [0.4, 0.5) is 13.2 Å². The van der Waals surface area contributed by atoms with Gasteiger partial charge in [0, 0.05) is 11.1 Å². The van der Waals surface area contributed by atoms with Crippen LogP contribution in [-0.4, -0.2) is 34.3 Å². The molecule has 1 heterocycles. The van der Waals surface area contributed by atoms with Crippen molar-refractivity contribution in [2.24, 2.45) is 0 Å². The van der Waals surface area contributed by atoms with Crippen molar-refractivity contribution in [2.75, 3.05) is 6.54 Å². The Morgan fingerprint density at radius 3 is 2.11 bits per heavy atom. The number of hydrogen-bond acceptors (Lipinski definition) is 3. The van der Waals surface area contributed by atoms with Gasteiger partial charge in [0.15, 0.2) is 0 Å². The van der Waals surface area contributed by atoms with Crippen molar-refractivity contribution >= 4 is 29.4 Å². The normalized spacial score (nSPS) is 15.8. The number of carboxylic acid groups (broad SMARTS) is 1. The number of amides is 2. The lowest BCUT2D eigenvalue weighted by molar-refractivity contribution is -0.141. The molecule has 0 bridgehead atoms. The van der Waals surface area contributed by atoms with Crippen LogP contribution in [0.25, 0.3) is 11.6 Å². The third-order valence-electron chi connectivity index (χ3n) is 4.01. The molecule has 0 spiro atoms. The van der Waals surface area contributed by atoms with E-state index in [0.717, 1.165) is 12.1 Å². The molecule has 3 rings (SSSR count). The molecule has 5 nitrogen and oxygen atoms in total. The largest absolute Gasteiger partial charge is 0.480 e. The molecule has 138 valence electrons. The Hall–Kier alpha value is -3.42. The fraction of sp³-hybridized carbons (Fsp3) is 0.105. The molecule has 2 amide bonds. The number of fused-ring (bicyclic) bond motifs is 1. The number of benzene rings is 2. The molecule has 0 aromatic heterocycles. The van der Waals surface area contributed by atoms with E-state index in [0.29, 0.717) is 16.0 Å².